The zero-order valence-electron chi connectivity index (χ0n) is 14.9. The lowest BCUT2D eigenvalue weighted by molar-refractivity contribution is 0.0932. The van der Waals surface area contributed by atoms with Gasteiger partial charge in [-0.1, -0.05) is 25.5 Å². The number of anilines is 1. The Morgan fingerprint density at radius 2 is 1.88 bits per heavy atom. The summed E-state index contributed by atoms with van der Waals surface area (Å²) in [5, 5.41) is 9.46. The number of primary amides is 1. The molecule has 8 heteroatoms. The van der Waals surface area contributed by atoms with Crippen LogP contribution in [0.2, 0.25) is 0 Å². The van der Waals surface area contributed by atoms with Gasteiger partial charge in [0, 0.05) is 18.3 Å². The Hall–Kier alpha value is -3.16. The predicted octanol–water partition coefficient (Wildman–Crippen LogP) is 2.02. The third-order valence-electron chi connectivity index (χ3n) is 3.85. The number of benzene rings is 1. The van der Waals surface area contributed by atoms with E-state index in [-0.39, 0.29) is 23.2 Å². The van der Waals surface area contributed by atoms with E-state index in [9.17, 15) is 14.4 Å². The molecular formula is C18H23N5O3. The second kappa shape index (κ2) is 8.80. The Morgan fingerprint density at radius 1 is 1.19 bits per heavy atom. The molecule has 1 unspecified atom stereocenters. The number of nitrogens with zero attached hydrogens (tertiary/aromatic N) is 2. The Bertz CT molecular complexity index is 829. The minimum absolute atomic E-state index is 0.194. The topological polar surface area (TPSA) is 119 Å². The minimum atomic E-state index is -0.636. The van der Waals surface area contributed by atoms with Crippen molar-refractivity contribution in [1.29, 1.82) is 0 Å². The second-order valence-corrected chi connectivity index (χ2v) is 5.94. The van der Waals surface area contributed by atoms with Crippen LogP contribution in [0.1, 0.15) is 48.8 Å². The molecule has 8 nitrogen and oxygen atoms in total. The summed E-state index contributed by atoms with van der Waals surface area (Å²) in [5.41, 5.74) is 6.47. The number of amides is 3. The summed E-state index contributed by atoms with van der Waals surface area (Å²) in [6, 6.07) is 8.83. The van der Waals surface area contributed by atoms with Gasteiger partial charge in [0.05, 0.1) is 6.04 Å². The molecule has 1 atom stereocenters. The summed E-state index contributed by atoms with van der Waals surface area (Å²) in [7, 11) is 0. The van der Waals surface area contributed by atoms with Crippen LogP contribution in [0.15, 0.2) is 41.2 Å². The normalized spacial score (nSPS) is 11.6. The summed E-state index contributed by atoms with van der Waals surface area (Å²) in [5.74, 6) is -0.359. The number of hydrogen-bond acceptors (Lipinski definition) is 4. The lowest BCUT2D eigenvalue weighted by Gasteiger charge is -2.15. The largest absolute Gasteiger partial charge is 0.351 e. The lowest BCUT2D eigenvalue weighted by atomic mass is 10.1. The summed E-state index contributed by atoms with van der Waals surface area (Å²) < 4.78 is 1.31. The van der Waals surface area contributed by atoms with E-state index in [0.717, 1.165) is 18.4 Å². The smallest absolute Gasteiger partial charge is 0.316 e. The van der Waals surface area contributed by atoms with Gasteiger partial charge < -0.3 is 16.4 Å². The highest BCUT2D eigenvalue weighted by molar-refractivity contribution is 5.92. The van der Waals surface area contributed by atoms with Crippen LogP contribution in [0.4, 0.5) is 10.5 Å². The number of aryl methyl sites for hydroxylation is 1. The van der Waals surface area contributed by atoms with Crippen molar-refractivity contribution in [3.8, 4) is 0 Å². The van der Waals surface area contributed by atoms with E-state index in [2.05, 4.69) is 15.7 Å². The average Bonchev–Trinajstić information content (AvgIpc) is 2.61. The molecule has 2 aromatic rings. The molecule has 0 aliphatic rings. The van der Waals surface area contributed by atoms with Crippen LogP contribution in [-0.2, 0) is 6.54 Å². The van der Waals surface area contributed by atoms with Crippen LogP contribution in [-0.4, -0.2) is 21.7 Å². The molecule has 0 aliphatic heterocycles. The van der Waals surface area contributed by atoms with Crippen LogP contribution in [0.5, 0.6) is 0 Å². The molecule has 1 heterocycles. The molecule has 0 saturated carbocycles. The quantitative estimate of drug-likeness (QED) is 0.702. The third kappa shape index (κ3) is 5.17. The molecule has 26 heavy (non-hydrogen) atoms. The molecule has 3 amide bonds. The fourth-order valence-corrected chi connectivity index (χ4v) is 2.39. The lowest BCUT2D eigenvalue weighted by Crippen LogP contribution is -2.31. The van der Waals surface area contributed by atoms with Gasteiger partial charge in [0.15, 0.2) is 0 Å². The number of hydrogen-bond donors (Lipinski definition) is 3. The van der Waals surface area contributed by atoms with Gasteiger partial charge in [0.25, 0.3) is 11.5 Å². The Morgan fingerprint density at radius 3 is 2.50 bits per heavy atom. The number of carbonyl (C=O) groups is 2. The zero-order valence-corrected chi connectivity index (χ0v) is 14.9. The van der Waals surface area contributed by atoms with Crippen molar-refractivity contribution in [3.05, 3.63) is 58.0 Å². The molecule has 1 aromatic heterocycles. The van der Waals surface area contributed by atoms with Crippen molar-refractivity contribution < 1.29 is 9.59 Å². The van der Waals surface area contributed by atoms with Gasteiger partial charge in [-0.05, 0) is 37.1 Å². The fourth-order valence-electron chi connectivity index (χ4n) is 2.39. The Kier molecular flexibility index (Phi) is 6.48. The Balaban J connectivity index is 2.06. The van der Waals surface area contributed by atoms with E-state index < -0.39 is 6.03 Å². The first-order chi connectivity index (χ1) is 12.4. The number of urea groups is 1. The summed E-state index contributed by atoms with van der Waals surface area (Å²) in [6.45, 7) is 4.34. The second-order valence-electron chi connectivity index (χ2n) is 5.94. The summed E-state index contributed by atoms with van der Waals surface area (Å²) in [6.07, 6.45) is 1.75. The highest BCUT2D eigenvalue weighted by atomic mass is 16.2. The van der Waals surface area contributed by atoms with Gasteiger partial charge in [-0.2, -0.15) is 5.10 Å². The molecule has 0 aliphatic carbocycles. The fraction of sp³-hybridized carbons (Fsp3) is 0.333. The van der Waals surface area contributed by atoms with Gasteiger partial charge in [-0.25, -0.2) is 9.48 Å². The number of nitrogens with one attached hydrogen (secondary N) is 2. The van der Waals surface area contributed by atoms with Gasteiger partial charge in [-0.3, -0.25) is 9.59 Å². The predicted molar refractivity (Wildman–Crippen MR) is 98.9 cm³/mol. The number of nitrogens with two attached hydrogens (primary N) is 1. The molecule has 0 radical (unpaired) electrons. The maximum absolute atomic E-state index is 12.4. The number of unbranched alkanes of at least 4 members (excludes halogenated alkanes) is 1. The van der Waals surface area contributed by atoms with Crippen molar-refractivity contribution in [1.82, 2.24) is 15.1 Å². The number of aromatic nitrogens is 2. The third-order valence-corrected chi connectivity index (χ3v) is 3.85. The molecule has 0 fully saturated rings. The van der Waals surface area contributed by atoms with Crippen molar-refractivity contribution in [2.24, 2.45) is 5.73 Å². The van der Waals surface area contributed by atoms with Gasteiger partial charge in [0.2, 0.25) is 0 Å². The van der Waals surface area contributed by atoms with Gasteiger partial charge in [-0.15, -0.1) is 0 Å². The number of rotatable bonds is 7. The van der Waals surface area contributed by atoms with Crippen LogP contribution in [0.3, 0.4) is 0 Å². The van der Waals surface area contributed by atoms with Crippen molar-refractivity contribution in [3.63, 3.8) is 0 Å². The highest BCUT2D eigenvalue weighted by Gasteiger charge is 2.14. The summed E-state index contributed by atoms with van der Waals surface area (Å²) in [4.78, 5) is 35.0. The van der Waals surface area contributed by atoms with E-state index in [4.69, 9.17) is 5.73 Å². The maximum atomic E-state index is 12.4. The molecular weight excluding hydrogens is 334 g/mol. The molecule has 2 rings (SSSR count). The highest BCUT2D eigenvalue weighted by Crippen LogP contribution is 2.16. The molecule has 1 aromatic carbocycles. The Labute approximate surface area is 151 Å². The zero-order chi connectivity index (χ0) is 19.1. The first-order valence-corrected chi connectivity index (χ1v) is 8.46. The van der Waals surface area contributed by atoms with Crippen LogP contribution >= 0.6 is 0 Å². The first kappa shape index (κ1) is 19.2. The molecule has 0 bridgehead atoms. The van der Waals surface area contributed by atoms with E-state index >= 15 is 0 Å². The van der Waals surface area contributed by atoms with E-state index in [1.165, 1.54) is 16.8 Å². The molecule has 0 saturated heterocycles. The van der Waals surface area contributed by atoms with Crippen LogP contribution in [0.25, 0.3) is 0 Å². The van der Waals surface area contributed by atoms with E-state index in [1.54, 1.807) is 24.3 Å². The van der Waals surface area contributed by atoms with Crippen molar-refractivity contribution >= 4 is 17.6 Å². The molecule has 4 N–H and O–H groups in total. The van der Waals surface area contributed by atoms with Crippen LogP contribution in [0, 0.1) is 0 Å². The van der Waals surface area contributed by atoms with E-state index in [1.807, 2.05) is 13.8 Å². The monoisotopic (exact) mass is 357 g/mol. The standard InChI is InChI=1S/C18H23N5O3/c1-3-4-11-23-16(24)10-9-15(22-23)17(25)20-12(2)13-5-7-14(8-6-13)21-18(19)26/h5-10,12H,3-4,11H2,1-2H3,(H,20,25)(H3,19,21,26). The van der Waals surface area contributed by atoms with Gasteiger partial charge in [0.1, 0.15) is 5.69 Å². The number of carbonyl (C=O) groups excluding carboxylic acids is 2. The average molecular weight is 357 g/mol. The van der Waals surface area contributed by atoms with Crippen molar-refractivity contribution in [2.75, 3.05) is 5.32 Å². The summed E-state index contributed by atoms with van der Waals surface area (Å²) >= 11 is 0. The van der Waals surface area contributed by atoms with E-state index in [0.29, 0.717) is 12.2 Å². The van der Waals surface area contributed by atoms with Crippen molar-refractivity contribution in [2.45, 2.75) is 39.3 Å². The minimum Gasteiger partial charge on any atom is -0.351 e. The maximum Gasteiger partial charge on any atom is 0.316 e. The van der Waals surface area contributed by atoms with Crippen LogP contribution < -0.4 is 21.9 Å². The molecule has 0 spiro atoms. The van der Waals surface area contributed by atoms with Gasteiger partial charge >= 0.3 is 6.03 Å². The molecule has 138 valence electrons. The first-order valence-electron chi connectivity index (χ1n) is 8.46. The SMILES string of the molecule is CCCCn1nc(C(=O)NC(C)c2ccc(NC(N)=O)cc2)ccc1=O.